The van der Waals surface area contributed by atoms with Gasteiger partial charge in [0.05, 0.1) is 0 Å². The summed E-state index contributed by atoms with van der Waals surface area (Å²) in [6.07, 6.45) is 0. The van der Waals surface area contributed by atoms with Gasteiger partial charge in [-0.1, -0.05) is 0 Å². The summed E-state index contributed by atoms with van der Waals surface area (Å²) in [6.45, 7) is 0. The van der Waals surface area contributed by atoms with E-state index in [-0.39, 0.29) is 11.6 Å². The topological polar surface area (TPSA) is 29.5 Å². The van der Waals surface area contributed by atoms with Crippen molar-refractivity contribution in [3.63, 3.8) is 0 Å². The van der Waals surface area contributed by atoms with Crippen LogP contribution in [0.2, 0.25) is 0 Å². The summed E-state index contributed by atoms with van der Waals surface area (Å²) in [5, 5.41) is 9.05. The van der Waals surface area contributed by atoms with Crippen molar-refractivity contribution in [3.05, 3.63) is 54.3 Å². The molecule has 0 unspecified atom stereocenters. The molecule has 2 rings (SSSR count). The maximum atomic E-state index is 12.6. The van der Waals surface area contributed by atoms with Crippen molar-refractivity contribution in [3.8, 4) is 17.2 Å². The van der Waals surface area contributed by atoms with Crippen LogP contribution in [0.25, 0.3) is 0 Å². The molecule has 2 aromatic carbocycles. The molecule has 2 aromatic rings. The molecule has 1 N–H and O–H groups in total. The van der Waals surface area contributed by atoms with Gasteiger partial charge >= 0.3 is 0 Å². The van der Waals surface area contributed by atoms with Gasteiger partial charge in [-0.2, -0.15) is 0 Å². The van der Waals surface area contributed by atoms with Gasteiger partial charge in [0.25, 0.3) is 0 Å². The van der Waals surface area contributed by atoms with E-state index in [1.807, 2.05) is 0 Å². The monoisotopic (exact) mass is 204 g/mol. The predicted molar refractivity (Wildman–Crippen MR) is 54.6 cm³/mol. The lowest BCUT2D eigenvalue weighted by Crippen LogP contribution is -1.83. The quantitative estimate of drug-likeness (QED) is 0.813. The Hall–Kier alpha value is -2.03. The molecule has 0 aliphatic rings. The molecule has 0 aliphatic heterocycles. The second kappa shape index (κ2) is 4.00. The highest BCUT2D eigenvalue weighted by atomic mass is 19.1. The average Bonchev–Trinajstić information content (AvgIpc) is 2.25. The first-order valence-corrected chi connectivity index (χ1v) is 4.46. The van der Waals surface area contributed by atoms with Crippen LogP contribution in [-0.2, 0) is 0 Å². The number of phenols is 1. The molecule has 0 bridgehead atoms. The van der Waals surface area contributed by atoms with E-state index in [2.05, 4.69) is 0 Å². The van der Waals surface area contributed by atoms with Crippen LogP contribution in [0.5, 0.6) is 17.2 Å². The highest BCUT2D eigenvalue weighted by molar-refractivity contribution is 5.34. The zero-order valence-electron chi connectivity index (χ0n) is 7.85. The lowest BCUT2D eigenvalue weighted by atomic mass is 10.3. The molecular weight excluding hydrogens is 195 g/mol. The van der Waals surface area contributed by atoms with E-state index in [0.717, 1.165) is 0 Å². The molecule has 0 radical (unpaired) electrons. The Morgan fingerprint density at radius 1 is 0.800 bits per heavy atom. The SMILES string of the molecule is Oc1ccc(Oc2ccc(F)cc2)cc1. The molecule has 0 atom stereocenters. The number of halogens is 1. The molecule has 0 aliphatic carbocycles. The van der Waals surface area contributed by atoms with E-state index < -0.39 is 0 Å². The van der Waals surface area contributed by atoms with Gasteiger partial charge in [0.2, 0.25) is 0 Å². The van der Waals surface area contributed by atoms with Crippen molar-refractivity contribution < 1.29 is 14.2 Å². The predicted octanol–water partition coefficient (Wildman–Crippen LogP) is 3.32. The second-order valence-corrected chi connectivity index (χ2v) is 3.05. The lowest BCUT2D eigenvalue weighted by molar-refractivity contribution is 0.463. The van der Waals surface area contributed by atoms with Gasteiger partial charge in [0.1, 0.15) is 23.1 Å². The molecule has 0 amide bonds. The number of benzene rings is 2. The van der Waals surface area contributed by atoms with Gasteiger partial charge in [0.15, 0.2) is 0 Å². The zero-order valence-corrected chi connectivity index (χ0v) is 7.85. The van der Waals surface area contributed by atoms with E-state index in [1.54, 1.807) is 24.3 Å². The Bertz CT molecular complexity index is 391. The summed E-state index contributed by atoms with van der Waals surface area (Å²) in [6, 6.07) is 12.1. The van der Waals surface area contributed by atoms with Gasteiger partial charge in [-0.3, -0.25) is 0 Å². The minimum Gasteiger partial charge on any atom is -0.508 e. The fraction of sp³-hybridized carbons (Fsp3) is 0. The van der Waals surface area contributed by atoms with E-state index in [9.17, 15) is 4.39 Å². The average molecular weight is 204 g/mol. The van der Waals surface area contributed by atoms with Crippen LogP contribution in [0, 0.1) is 5.82 Å². The van der Waals surface area contributed by atoms with Crippen molar-refractivity contribution in [2.24, 2.45) is 0 Å². The lowest BCUT2D eigenvalue weighted by Gasteiger charge is -2.04. The third-order valence-electron chi connectivity index (χ3n) is 1.89. The zero-order chi connectivity index (χ0) is 10.7. The van der Waals surface area contributed by atoms with Crippen LogP contribution in [0.1, 0.15) is 0 Å². The van der Waals surface area contributed by atoms with Crippen molar-refractivity contribution in [2.45, 2.75) is 0 Å². The molecule has 2 nitrogen and oxygen atoms in total. The first-order chi connectivity index (χ1) is 7.24. The van der Waals surface area contributed by atoms with Crippen LogP contribution < -0.4 is 4.74 Å². The van der Waals surface area contributed by atoms with Gasteiger partial charge in [0, 0.05) is 0 Å². The molecule has 3 heteroatoms. The molecule has 0 fully saturated rings. The summed E-state index contributed by atoms with van der Waals surface area (Å²) in [5.74, 6) is 1.04. The van der Waals surface area contributed by atoms with Gasteiger partial charge in [-0.15, -0.1) is 0 Å². The maximum Gasteiger partial charge on any atom is 0.127 e. The molecule has 76 valence electrons. The van der Waals surface area contributed by atoms with Crippen molar-refractivity contribution in [1.82, 2.24) is 0 Å². The molecule has 0 spiro atoms. The largest absolute Gasteiger partial charge is 0.508 e. The first kappa shape index (κ1) is 9.52. The summed E-state index contributed by atoms with van der Waals surface area (Å²) in [7, 11) is 0. The number of hydrogen-bond acceptors (Lipinski definition) is 2. The Kier molecular flexibility index (Phi) is 2.54. The highest BCUT2D eigenvalue weighted by Crippen LogP contribution is 2.23. The van der Waals surface area contributed by atoms with Gasteiger partial charge in [-0.05, 0) is 48.5 Å². The number of phenolic OH excluding ortho intramolecular Hbond substituents is 1. The van der Waals surface area contributed by atoms with Crippen molar-refractivity contribution in [1.29, 1.82) is 0 Å². The van der Waals surface area contributed by atoms with E-state index >= 15 is 0 Å². The summed E-state index contributed by atoms with van der Waals surface area (Å²) >= 11 is 0. The maximum absolute atomic E-state index is 12.6. The molecular formula is C12H9FO2. The van der Waals surface area contributed by atoms with E-state index in [1.165, 1.54) is 24.3 Å². The summed E-state index contributed by atoms with van der Waals surface area (Å²) in [5.41, 5.74) is 0. The molecule has 0 saturated heterocycles. The van der Waals surface area contributed by atoms with Gasteiger partial charge in [-0.25, -0.2) is 4.39 Å². The number of aromatic hydroxyl groups is 1. The van der Waals surface area contributed by atoms with Crippen LogP contribution >= 0.6 is 0 Å². The molecule has 0 aromatic heterocycles. The number of rotatable bonds is 2. The Balaban J connectivity index is 2.15. The van der Waals surface area contributed by atoms with Crippen molar-refractivity contribution in [2.75, 3.05) is 0 Å². The molecule has 0 heterocycles. The molecule has 15 heavy (non-hydrogen) atoms. The fourth-order valence-corrected chi connectivity index (χ4v) is 1.15. The molecule has 0 saturated carbocycles. The van der Waals surface area contributed by atoms with E-state index in [0.29, 0.717) is 11.5 Å². The fourth-order valence-electron chi connectivity index (χ4n) is 1.15. The Morgan fingerprint density at radius 3 is 1.80 bits per heavy atom. The Labute approximate surface area is 86.6 Å². The van der Waals surface area contributed by atoms with Crippen LogP contribution in [0.4, 0.5) is 4.39 Å². The normalized spacial score (nSPS) is 9.93. The minimum atomic E-state index is -0.298. The van der Waals surface area contributed by atoms with Crippen LogP contribution in [0.3, 0.4) is 0 Å². The Morgan fingerprint density at radius 2 is 1.27 bits per heavy atom. The van der Waals surface area contributed by atoms with Crippen LogP contribution in [0.15, 0.2) is 48.5 Å². The standard InChI is InChI=1S/C12H9FO2/c13-9-1-5-11(6-2-9)15-12-7-3-10(14)4-8-12/h1-8,14H. The highest BCUT2D eigenvalue weighted by Gasteiger charge is 1.97. The van der Waals surface area contributed by atoms with Crippen molar-refractivity contribution >= 4 is 0 Å². The third kappa shape index (κ3) is 2.47. The minimum absolute atomic E-state index is 0.182. The van der Waals surface area contributed by atoms with Gasteiger partial charge < -0.3 is 9.84 Å². The third-order valence-corrected chi connectivity index (χ3v) is 1.89. The summed E-state index contributed by atoms with van der Waals surface area (Å²) < 4.78 is 18.0. The van der Waals surface area contributed by atoms with E-state index in [4.69, 9.17) is 9.84 Å². The number of ether oxygens (including phenoxy) is 1. The second-order valence-electron chi connectivity index (χ2n) is 3.05. The number of hydrogen-bond donors (Lipinski definition) is 1. The first-order valence-electron chi connectivity index (χ1n) is 4.46. The smallest absolute Gasteiger partial charge is 0.127 e. The summed E-state index contributed by atoms with van der Waals surface area (Å²) in [4.78, 5) is 0. The van der Waals surface area contributed by atoms with Crippen LogP contribution in [-0.4, -0.2) is 5.11 Å².